The zero-order valence-electron chi connectivity index (χ0n) is 7.34. The molecule has 1 aromatic rings. The Morgan fingerprint density at radius 1 is 1.25 bits per heavy atom. The number of rotatable bonds is 1. The van der Waals surface area contributed by atoms with Gasteiger partial charge in [-0.2, -0.15) is 8.42 Å². The Balaban J connectivity index is 0.00000128. The van der Waals surface area contributed by atoms with Crippen molar-refractivity contribution in [3.05, 3.63) is 23.8 Å². The van der Waals surface area contributed by atoms with Gasteiger partial charge in [0.2, 0.25) is 6.79 Å². The van der Waals surface area contributed by atoms with Gasteiger partial charge in [0.25, 0.3) is 0 Å². The summed E-state index contributed by atoms with van der Waals surface area (Å²) in [5.41, 5.74) is -0.165. The molecular formula is C8H7NaO6S. The van der Waals surface area contributed by atoms with Crippen molar-refractivity contribution < 1.29 is 27.2 Å². The molecule has 1 aliphatic heterocycles. The van der Waals surface area contributed by atoms with E-state index in [-0.39, 0.29) is 47.7 Å². The molecule has 0 atom stereocenters. The summed E-state index contributed by atoms with van der Waals surface area (Å²) in [5, 5.41) is -1.36. The van der Waals surface area contributed by atoms with Crippen LogP contribution in [0.5, 0.6) is 11.5 Å². The quantitative estimate of drug-likeness (QED) is 0.551. The Bertz CT molecular complexity index is 523. The molecule has 82 valence electrons. The molecule has 1 N–H and O–H groups in total. The second-order valence-electron chi connectivity index (χ2n) is 2.83. The number of hydrogen-bond donors (Lipinski definition) is 1. The van der Waals surface area contributed by atoms with Gasteiger partial charge in [-0.25, -0.2) is 0 Å². The van der Waals surface area contributed by atoms with Crippen LogP contribution in [0.15, 0.2) is 18.2 Å². The van der Waals surface area contributed by atoms with Crippen LogP contribution in [0.2, 0.25) is 0 Å². The van der Waals surface area contributed by atoms with Crippen molar-refractivity contribution in [2.24, 2.45) is 0 Å². The molecule has 0 aliphatic carbocycles. The molecule has 0 amide bonds. The molecule has 0 unspecified atom stereocenters. The molecule has 0 radical (unpaired) electrons. The second-order valence-corrected chi connectivity index (χ2v) is 4.15. The molecule has 1 aliphatic rings. The molecule has 0 saturated carbocycles. The van der Waals surface area contributed by atoms with E-state index >= 15 is 0 Å². The summed E-state index contributed by atoms with van der Waals surface area (Å²) in [6.45, 7) is 0.0266. The third kappa shape index (κ3) is 2.55. The number of ether oxygens (including phenoxy) is 2. The predicted octanol–water partition coefficient (Wildman–Crippen LogP) is -0.205. The number of fused-ring (bicyclic) bond motifs is 1. The summed E-state index contributed by atoms with van der Waals surface area (Å²) < 4.78 is 39.6. The maximum atomic E-state index is 11.1. The number of carbonyl (C=O) groups excluding carboxylic acids is 1. The van der Waals surface area contributed by atoms with Crippen molar-refractivity contribution in [1.29, 1.82) is 0 Å². The van der Waals surface area contributed by atoms with Gasteiger partial charge >= 0.3 is 44.8 Å². The second kappa shape index (κ2) is 4.72. The normalized spacial score (nSPS) is 13.1. The summed E-state index contributed by atoms with van der Waals surface area (Å²) in [6.07, 6.45) is 0. The van der Waals surface area contributed by atoms with E-state index in [1.165, 1.54) is 18.2 Å². The van der Waals surface area contributed by atoms with Gasteiger partial charge < -0.3 is 9.47 Å². The molecule has 0 saturated heterocycles. The monoisotopic (exact) mass is 254 g/mol. The van der Waals surface area contributed by atoms with E-state index in [9.17, 15) is 13.2 Å². The molecule has 16 heavy (non-hydrogen) atoms. The van der Waals surface area contributed by atoms with E-state index < -0.39 is 15.2 Å². The zero-order valence-corrected chi connectivity index (χ0v) is 8.15. The number of benzene rings is 1. The third-order valence-electron chi connectivity index (χ3n) is 1.84. The average molecular weight is 254 g/mol. The summed E-state index contributed by atoms with van der Waals surface area (Å²) in [6, 6.07) is 3.85. The minimum absolute atomic E-state index is 0. The van der Waals surface area contributed by atoms with E-state index in [4.69, 9.17) is 14.0 Å². The molecule has 0 aromatic heterocycles. The first-order valence-corrected chi connectivity index (χ1v) is 5.34. The Hall–Kier alpha value is -0.600. The van der Waals surface area contributed by atoms with Gasteiger partial charge in [-0.3, -0.25) is 9.35 Å². The summed E-state index contributed by atoms with van der Waals surface area (Å²) >= 11 is 0. The van der Waals surface area contributed by atoms with Crippen LogP contribution in [-0.2, 0) is 10.1 Å². The van der Waals surface area contributed by atoms with Crippen LogP contribution in [0.3, 0.4) is 0 Å². The van der Waals surface area contributed by atoms with E-state index in [1.807, 2.05) is 0 Å². The molecule has 1 heterocycles. The van der Waals surface area contributed by atoms with Gasteiger partial charge in [0.1, 0.15) is 0 Å². The SMILES string of the molecule is O=C(c1ccc2c(c1)OCO2)S(=O)(=O)O.[NaH]. The van der Waals surface area contributed by atoms with E-state index in [2.05, 4.69) is 0 Å². The Kier molecular flexibility index (Phi) is 3.97. The third-order valence-corrected chi connectivity index (χ3v) is 2.55. The van der Waals surface area contributed by atoms with E-state index in [0.717, 1.165) is 0 Å². The first-order chi connectivity index (χ1) is 6.98. The molecule has 8 heteroatoms. The standard InChI is InChI=1S/C8H6O6S.Na.H/c9-8(15(10,11)12)5-1-2-6-7(3-5)14-4-13-6;;/h1-3H,4H2,(H,10,11,12);;. The van der Waals surface area contributed by atoms with Crippen molar-refractivity contribution in [3.63, 3.8) is 0 Å². The van der Waals surface area contributed by atoms with E-state index in [1.54, 1.807) is 0 Å². The zero-order chi connectivity index (χ0) is 11.1. The fourth-order valence-corrected chi connectivity index (χ4v) is 1.60. The Labute approximate surface area is 114 Å². The first kappa shape index (κ1) is 13.5. The molecule has 0 fully saturated rings. The topological polar surface area (TPSA) is 89.9 Å². The summed E-state index contributed by atoms with van der Waals surface area (Å²) in [4.78, 5) is 11.1. The fraction of sp³-hybridized carbons (Fsp3) is 0.125. The average Bonchev–Trinajstić information content (AvgIpc) is 2.61. The van der Waals surface area contributed by atoms with Crippen LogP contribution in [0.4, 0.5) is 0 Å². The van der Waals surface area contributed by atoms with Gasteiger partial charge in [-0.15, -0.1) is 0 Å². The molecule has 6 nitrogen and oxygen atoms in total. The molecular weight excluding hydrogens is 247 g/mol. The minimum atomic E-state index is -4.71. The van der Waals surface area contributed by atoms with Crippen LogP contribution >= 0.6 is 0 Å². The van der Waals surface area contributed by atoms with Gasteiger partial charge in [0.05, 0.1) is 0 Å². The van der Waals surface area contributed by atoms with Gasteiger partial charge in [-0.1, -0.05) is 0 Å². The van der Waals surface area contributed by atoms with Crippen LogP contribution in [0, 0.1) is 0 Å². The molecule has 0 bridgehead atoms. The van der Waals surface area contributed by atoms with Crippen LogP contribution < -0.4 is 9.47 Å². The maximum absolute atomic E-state index is 11.1. The van der Waals surface area contributed by atoms with Crippen molar-refractivity contribution in [3.8, 4) is 11.5 Å². The fourth-order valence-electron chi connectivity index (χ4n) is 1.17. The van der Waals surface area contributed by atoms with Crippen molar-refractivity contribution in [1.82, 2.24) is 0 Å². The summed E-state index contributed by atoms with van der Waals surface area (Å²) in [7, 11) is -4.71. The van der Waals surface area contributed by atoms with Crippen molar-refractivity contribution in [2.75, 3.05) is 6.79 Å². The molecule has 1 aromatic carbocycles. The Morgan fingerprint density at radius 3 is 2.50 bits per heavy atom. The van der Waals surface area contributed by atoms with Crippen molar-refractivity contribution in [2.45, 2.75) is 0 Å². The van der Waals surface area contributed by atoms with Crippen LogP contribution in [0.1, 0.15) is 10.4 Å². The van der Waals surface area contributed by atoms with Crippen LogP contribution in [-0.4, -0.2) is 54.4 Å². The Morgan fingerprint density at radius 2 is 1.88 bits per heavy atom. The summed E-state index contributed by atoms with van der Waals surface area (Å²) in [5.74, 6) is 0.714. The first-order valence-electron chi connectivity index (χ1n) is 3.90. The van der Waals surface area contributed by atoms with Gasteiger partial charge in [-0.05, 0) is 18.2 Å². The number of hydrogen-bond acceptors (Lipinski definition) is 5. The van der Waals surface area contributed by atoms with E-state index in [0.29, 0.717) is 5.75 Å². The predicted molar refractivity (Wildman–Crippen MR) is 55.6 cm³/mol. The molecule has 0 spiro atoms. The van der Waals surface area contributed by atoms with Gasteiger partial charge in [0, 0.05) is 5.56 Å². The van der Waals surface area contributed by atoms with Gasteiger partial charge in [0.15, 0.2) is 11.5 Å². The van der Waals surface area contributed by atoms with Crippen LogP contribution in [0.25, 0.3) is 0 Å². The van der Waals surface area contributed by atoms with Crippen molar-refractivity contribution >= 4 is 44.8 Å². The number of carbonyl (C=O) groups is 1. The molecule has 2 rings (SSSR count).